The molecule has 2 nitrogen and oxygen atoms in total. The maximum Gasteiger partial charge on any atom is 0.141 e. The zero-order chi connectivity index (χ0) is 9.84. The van der Waals surface area contributed by atoms with Crippen LogP contribution in [0, 0.1) is 5.82 Å². The average Bonchev–Trinajstić information content (AvgIpc) is 2.10. The van der Waals surface area contributed by atoms with Crippen molar-refractivity contribution in [3.05, 3.63) is 47.4 Å². The summed E-state index contributed by atoms with van der Waals surface area (Å²) >= 11 is 5.55. The van der Waals surface area contributed by atoms with Crippen LogP contribution in [0.4, 0.5) is 4.39 Å². The Morgan fingerprint density at radius 1 is 1.62 bits per heavy atom. The summed E-state index contributed by atoms with van der Waals surface area (Å²) in [5, 5.41) is 0.0275. The van der Waals surface area contributed by atoms with Crippen molar-refractivity contribution in [3.8, 4) is 0 Å². The van der Waals surface area contributed by atoms with Gasteiger partial charge in [0.15, 0.2) is 0 Å². The molecule has 0 spiro atoms. The van der Waals surface area contributed by atoms with E-state index in [1.165, 1.54) is 24.4 Å². The fourth-order valence-corrected chi connectivity index (χ4v) is 1.01. The summed E-state index contributed by atoms with van der Waals surface area (Å²) in [7, 11) is 0. The molecule has 0 heterocycles. The van der Waals surface area contributed by atoms with Crippen molar-refractivity contribution in [2.24, 2.45) is 10.7 Å². The van der Waals surface area contributed by atoms with Gasteiger partial charge in [0.25, 0.3) is 0 Å². The first-order chi connectivity index (χ1) is 6.15. The normalized spacial score (nSPS) is 11.4. The number of nitrogens with zero attached hydrogens (tertiary/aromatic N) is 1. The zero-order valence-electron chi connectivity index (χ0n) is 6.80. The van der Waals surface area contributed by atoms with Crippen molar-refractivity contribution in [2.45, 2.75) is 0 Å². The van der Waals surface area contributed by atoms with E-state index in [9.17, 15) is 4.39 Å². The minimum absolute atomic E-state index is 0.0275. The summed E-state index contributed by atoms with van der Waals surface area (Å²) in [4.78, 5) is 3.74. The standard InChI is InChI=1S/C9H8ClFN2/c1-2-13-9(12)6-3-4-8(11)7(10)5-6/h2-5H,1H2,(H2,12,13). The Balaban J connectivity index is 3.10. The van der Waals surface area contributed by atoms with Gasteiger partial charge in [0.2, 0.25) is 0 Å². The lowest BCUT2D eigenvalue weighted by Gasteiger charge is -2.00. The summed E-state index contributed by atoms with van der Waals surface area (Å²) in [5.74, 6) is -0.214. The van der Waals surface area contributed by atoms with Gasteiger partial charge in [-0.05, 0) is 18.2 Å². The highest BCUT2D eigenvalue weighted by Gasteiger charge is 2.02. The highest BCUT2D eigenvalue weighted by molar-refractivity contribution is 6.31. The molecule has 13 heavy (non-hydrogen) atoms. The fraction of sp³-hybridized carbons (Fsp3) is 0. The molecule has 1 aromatic rings. The number of amidine groups is 1. The van der Waals surface area contributed by atoms with Crippen LogP contribution in [0.5, 0.6) is 0 Å². The van der Waals surface area contributed by atoms with Crippen LogP contribution in [-0.4, -0.2) is 5.84 Å². The molecule has 0 bridgehead atoms. The van der Waals surface area contributed by atoms with E-state index in [-0.39, 0.29) is 10.9 Å². The molecule has 0 aliphatic carbocycles. The van der Waals surface area contributed by atoms with E-state index < -0.39 is 5.82 Å². The first kappa shape index (κ1) is 9.74. The van der Waals surface area contributed by atoms with E-state index in [0.29, 0.717) is 5.56 Å². The predicted octanol–water partition coefficient (Wildman–Crippen LogP) is 2.33. The SMILES string of the molecule is C=CN=C(N)c1ccc(F)c(Cl)c1. The Morgan fingerprint density at radius 2 is 2.31 bits per heavy atom. The minimum atomic E-state index is -0.475. The van der Waals surface area contributed by atoms with Crippen molar-refractivity contribution < 1.29 is 4.39 Å². The van der Waals surface area contributed by atoms with Crippen molar-refractivity contribution >= 4 is 17.4 Å². The predicted molar refractivity (Wildman–Crippen MR) is 52.3 cm³/mol. The van der Waals surface area contributed by atoms with Crippen molar-refractivity contribution in [3.63, 3.8) is 0 Å². The van der Waals surface area contributed by atoms with Gasteiger partial charge in [-0.2, -0.15) is 0 Å². The molecule has 0 atom stereocenters. The summed E-state index contributed by atoms with van der Waals surface area (Å²) < 4.78 is 12.7. The molecule has 0 amide bonds. The van der Waals surface area contributed by atoms with E-state index in [1.54, 1.807) is 0 Å². The number of hydrogen-bond acceptors (Lipinski definition) is 1. The second-order valence-electron chi connectivity index (χ2n) is 2.33. The zero-order valence-corrected chi connectivity index (χ0v) is 7.55. The van der Waals surface area contributed by atoms with Gasteiger partial charge in [-0.25, -0.2) is 9.38 Å². The van der Waals surface area contributed by atoms with Crippen LogP contribution in [0.2, 0.25) is 5.02 Å². The molecule has 0 aliphatic heterocycles. The van der Waals surface area contributed by atoms with Crippen LogP contribution < -0.4 is 5.73 Å². The molecule has 4 heteroatoms. The molecule has 0 radical (unpaired) electrons. The minimum Gasteiger partial charge on any atom is -0.383 e. The third kappa shape index (κ3) is 2.29. The Morgan fingerprint density at radius 3 is 2.85 bits per heavy atom. The first-order valence-electron chi connectivity index (χ1n) is 3.54. The monoisotopic (exact) mass is 198 g/mol. The van der Waals surface area contributed by atoms with E-state index in [0.717, 1.165) is 0 Å². The van der Waals surface area contributed by atoms with Crippen LogP contribution in [0.25, 0.3) is 0 Å². The number of aliphatic imine (C=N–C) groups is 1. The molecule has 0 unspecified atom stereocenters. The second-order valence-corrected chi connectivity index (χ2v) is 2.73. The first-order valence-corrected chi connectivity index (χ1v) is 3.92. The molecule has 1 aromatic carbocycles. The average molecular weight is 199 g/mol. The summed E-state index contributed by atoms with van der Waals surface area (Å²) in [6.07, 6.45) is 1.31. The Hall–Kier alpha value is -1.35. The van der Waals surface area contributed by atoms with Crippen LogP contribution >= 0.6 is 11.6 Å². The lowest BCUT2D eigenvalue weighted by atomic mass is 10.2. The van der Waals surface area contributed by atoms with Crippen LogP contribution in [-0.2, 0) is 0 Å². The van der Waals surface area contributed by atoms with Gasteiger partial charge in [-0.15, -0.1) is 0 Å². The number of benzene rings is 1. The summed E-state index contributed by atoms with van der Waals surface area (Å²) in [6, 6.07) is 4.16. The van der Waals surface area contributed by atoms with Gasteiger partial charge in [-0.3, -0.25) is 0 Å². The molecular weight excluding hydrogens is 191 g/mol. The summed E-state index contributed by atoms with van der Waals surface area (Å²) in [5.41, 5.74) is 6.10. The van der Waals surface area contributed by atoms with Gasteiger partial charge in [0, 0.05) is 11.8 Å². The van der Waals surface area contributed by atoms with Gasteiger partial charge < -0.3 is 5.73 Å². The van der Waals surface area contributed by atoms with Gasteiger partial charge >= 0.3 is 0 Å². The molecular formula is C9H8ClFN2. The van der Waals surface area contributed by atoms with E-state index in [4.69, 9.17) is 17.3 Å². The molecule has 68 valence electrons. The van der Waals surface area contributed by atoms with Crippen LogP contribution in [0.3, 0.4) is 0 Å². The maximum absolute atomic E-state index is 12.7. The lowest BCUT2D eigenvalue weighted by molar-refractivity contribution is 0.628. The Kier molecular flexibility index (Phi) is 3.03. The number of nitrogens with two attached hydrogens (primary N) is 1. The molecule has 0 aromatic heterocycles. The topological polar surface area (TPSA) is 38.4 Å². The van der Waals surface area contributed by atoms with Crippen molar-refractivity contribution in [2.75, 3.05) is 0 Å². The van der Waals surface area contributed by atoms with Crippen molar-refractivity contribution in [1.29, 1.82) is 0 Å². The second kappa shape index (κ2) is 4.05. The van der Waals surface area contributed by atoms with Crippen LogP contribution in [0.1, 0.15) is 5.56 Å². The highest BCUT2D eigenvalue weighted by Crippen LogP contribution is 2.15. The smallest absolute Gasteiger partial charge is 0.141 e. The molecule has 0 fully saturated rings. The molecule has 1 rings (SSSR count). The van der Waals surface area contributed by atoms with Crippen LogP contribution in [0.15, 0.2) is 36.0 Å². The largest absolute Gasteiger partial charge is 0.383 e. The maximum atomic E-state index is 12.7. The van der Waals surface area contributed by atoms with E-state index >= 15 is 0 Å². The fourth-order valence-electron chi connectivity index (χ4n) is 0.828. The van der Waals surface area contributed by atoms with E-state index in [1.807, 2.05) is 0 Å². The number of rotatable bonds is 2. The summed E-state index contributed by atoms with van der Waals surface area (Å²) in [6.45, 7) is 3.39. The molecule has 0 saturated carbocycles. The quantitative estimate of drug-likeness (QED) is 0.575. The van der Waals surface area contributed by atoms with Crippen molar-refractivity contribution in [1.82, 2.24) is 0 Å². The van der Waals surface area contributed by atoms with Gasteiger partial charge in [0.1, 0.15) is 11.7 Å². The molecule has 0 aliphatic rings. The molecule has 2 N–H and O–H groups in total. The highest BCUT2D eigenvalue weighted by atomic mass is 35.5. The number of hydrogen-bond donors (Lipinski definition) is 1. The third-order valence-electron chi connectivity index (χ3n) is 1.45. The Bertz CT molecular complexity index is 361. The lowest BCUT2D eigenvalue weighted by Crippen LogP contribution is -2.12. The Labute approximate surface area is 80.5 Å². The number of halogens is 2. The van der Waals surface area contributed by atoms with Gasteiger partial charge in [-0.1, -0.05) is 18.2 Å². The van der Waals surface area contributed by atoms with Gasteiger partial charge in [0.05, 0.1) is 5.02 Å². The molecule has 0 saturated heterocycles. The van der Waals surface area contributed by atoms with E-state index in [2.05, 4.69) is 11.6 Å². The third-order valence-corrected chi connectivity index (χ3v) is 1.74.